The van der Waals surface area contributed by atoms with E-state index in [2.05, 4.69) is 0 Å². The van der Waals surface area contributed by atoms with Crippen molar-refractivity contribution in [3.63, 3.8) is 0 Å². The molecule has 4 heteroatoms. The lowest BCUT2D eigenvalue weighted by Crippen LogP contribution is -2.44. The molecule has 0 aliphatic rings. The second-order valence-corrected chi connectivity index (χ2v) is 3.38. The molecule has 72 valence electrons. The first-order valence-electron chi connectivity index (χ1n) is 3.84. The number of nitrogens with zero attached hydrogens (tertiary/aromatic N) is 1. The van der Waals surface area contributed by atoms with Crippen LogP contribution in [0.4, 0.5) is 0 Å². The molecule has 0 bridgehead atoms. The maximum absolute atomic E-state index is 11.5. The van der Waals surface area contributed by atoms with Crippen LogP contribution in [0.1, 0.15) is 20.8 Å². The molecule has 1 amide bonds. The molecule has 4 nitrogen and oxygen atoms in total. The van der Waals surface area contributed by atoms with E-state index in [0.717, 1.165) is 5.06 Å². The van der Waals surface area contributed by atoms with Gasteiger partial charge in [0.1, 0.15) is 0 Å². The van der Waals surface area contributed by atoms with Crippen LogP contribution in [0.3, 0.4) is 0 Å². The molecule has 0 radical (unpaired) electrons. The standard InChI is InChI=1S/C8H17NO3/c1-6(10)8(2,3)7(11)9(4)12-5/h6,10H,1-5H3. The predicted octanol–water partition coefficient (Wildman–Crippen LogP) is 0.413. The van der Waals surface area contributed by atoms with Gasteiger partial charge in [-0.1, -0.05) is 0 Å². The van der Waals surface area contributed by atoms with Gasteiger partial charge in [-0.2, -0.15) is 0 Å². The van der Waals surface area contributed by atoms with Crippen LogP contribution < -0.4 is 0 Å². The van der Waals surface area contributed by atoms with Gasteiger partial charge in [0.05, 0.1) is 18.6 Å². The van der Waals surface area contributed by atoms with Gasteiger partial charge in [-0.3, -0.25) is 9.63 Å². The third-order valence-corrected chi connectivity index (χ3v) is 2.16. The molecule has 0 aliphatic carbocycles. The average molecular weight is 175 g/mol. The molecule has 0 aromatic heterocycles. The Morgan fingerprint density at radius 2 is 2.00 bits per heavy atom. The lowest BCUT2D eigenvalue weighted by Gasteiger charge is -2.29. The third-order valence-electron chi connectivity index (χ3n) is 2.16. The van der Waals surface area contributed by atoms with Crippen molar-refractivity contribution in [2.24, 2.45) is 5.41 Å². The molecule has 0 saturated carbocycles. The van der Waals surface area contributed by atoms with Gasteiger partial charge in [0.25, 0.3) is 5.91 Å². The van der Waals surface area contributed by atoms with Crippen molar-refractivity contribution >= 4 is 5.91 Å². The largest absolute Gasteiger partial charge is 0.392 e. The molecule has 0 aliphatic heterocycles. The molecular formula is C8H17NO3. The van der Waals surface area contributed by atoms with Crippen molar-refractivity contribution in [3.8, 4) is 0 Å². The highest BCUT2D eigenvalue weighted by Gasteiger charge is 2.35. The van der Waals surface area contributed by atoms with Crippen molar-refractivity contribution in [3.05, 3.63) is 0 Å². The van der Waals surface area contributed by atoms with E-state index in [-0.39, 0.29) is 5.91 Å². The Hall–Kier alpha value is -0.610. The van der Waals surface area contributed by atoms with Crippen molar-refractivity contribution in [2.45, 2.75) is 26.9 Å². The molecule has 12 heavy (non-hydrogen) atoms. The van der Waals surface area contributed by atoms with E-state index in [4.69, 9.17) is 4.84 Å². The molecule has 1 unspecified atom stereocenters. The van der Waals surface area contributed by atoms with Crippen molar-refractivity contribution in [1.82, 2.24) is 5.06 Å². The number of aliphatic hydroxyl groups is 1. The van der Waals surface area contributed by atoms with Gasteiger partial charge in [0, 0.05) is 7.05 Å². The van der Waals surface area contributed by atoms with E-state index in [1.807, 2.05) is 0 Å². The highest BCUT2D eigenvalue weighted by atomic mass is 16.7. The van der Waals surface area contributed by atoms with Crippen LogP contribution in [0.5, 0.6) is 0 Å². The number of carbonyl (C=O) groups is 1. The van der Waals surface area contributed by atoms with Gasteiger partial charge in [-0.25, -0.2) is 5.06 Å². The normalized spacial score (nSPS) is 14.2. The van der Waals surface area contributed by atoms with Crippen LogP contribution in [0.25, 0.3) is 0 Å². The number of rotatable bonds is 3. The molecule has 0 aromatic carbocycles. The minimum atomic E-state index is -0.801. The Labute approximate surface area is 73.1 Å². The fourth-order valence-electron chi connectivity index (χ4n) is 0.667. The minimum Gasteiger partial charge on any atom is -0.392 e. The van der Waals surface area contributed by atoms with Crippen LogP contribution in [-0.4, -0.2) is 36.3 Å². The lowest BCUT2D eigenvalue weighted by atomic mass is 9.86. The number of amides is 1. The lowest BCUT2D eigenvalue weighted by molar-refractivity contribution is -0.183. The molecule has 0 spiro atoms. The van der Waals surface area contributed by atoms with Crippen LogP contribution in [-0.2, 0) is 9.63 Å². The molecule has 0 saturated heterocycles. The molecular weight excluding hydrogens is 158 g/mol. The Bertz CT molecular complexity index is 166. The summed E-state index contributed by atoms with van der Waals surface area (Å²) in [6.07, 6.45) is -0.692. The topological polar surface area (TPSA) is 49.8 Å². The maximum atomic E-state index is 11.5. The van der Waals surface area contributed by atoms with Gasteiger partial charge < -0.3 is 5.11 Å². The van der Waals surface area contributed by atoms with E-state index < -0.39 is 11.5 Å². The van der Waals surface area contributed by atoms with Crippen LogP contribution in [0.2, 0.25) is 0 Å². The zero-order chi connectivity index (χ0) is 9.94. The molecule has 0 heterocycles. The Balaban J connectivity index is 4.46. The van der Waals surface area contributed by atoms with E-state index >= 15 is 0 Å². The smallest absolute Gasteiger partial charge is 0.254 e. The average Bonchev–Trinajstić information content (AvgIpc) is 2.01. The van der Waals surface area contributed by atoms with Gasteiger partial charge in [-0.15, -0.1) is 0 Å². The van der Waals surface area contributed by atoms with Crippen molar-refractivity contribution in [2.75, 3.05) is 14.2 Å². The van der Waals surface area contributed by atoms with E-state index in [1.54, 1.807) is 20.8 Å². The molecule has 0 fully saturated rings. The molecule has 0 rings (SSSR count). The zero-order valence-electron chi connectivity index (χ0n) is 8.29. The Kier molecular flexibility index (Phi) is 3.67. The summed E-state index contributed by atoms with van der Waals surface area (Å²) in [6.45, 7) is 4.94. The van der Waals surface area contributed by atoms with E-state index in [9.17, 15) is 9.90 Å². The summed E-state index contributed by atoms with van der Waals surface area (Å²) < 4.78 is 0. The fourth-order valence-corrected chi connectivity index (χ4v) is 0.667. The number of carbonyl (C=O) groups excluding carboxylic acids is 1. The first-order chi connectivity index (χ1) is 5.34. The summed E-state index contributed by atoms with van der Waals surface area (Å²) in [5.41, 5.74) is -0.801. The van der Waals surface area contributed by atoms with Crippen molar-refractivity contribution < 1.29 is 14.7 Å². The van der Waals surface area contributed by atoms with Gasteiger partial charge >= 0.3 is 0 Å². The van der Waals surface area contributed by atoms with Crippen LogP contribution >= 0.6 is 0 Å². The number of aliphatic hydroxyl groups excluding tert-OH is 1. The maximum Gasteiger partial charge on any atom is 0.254 e. The predicted molar refractivity (Wildman–Crippen MR) is 45.2 cm³/mol. The number of hydrogen-bond acceptors (Lipinski definition) is 3. The quantitative estimate of drug-likeness (QED) is 0.632. The highest BCUT2D eigenvalue weighted by Crippen LogP contribution is 2.22. The minimum absolute atomic E-state index is 0.236. The number of hydrogen-bond donors (Lipinski definition) is 1. The zero-order valence-corrected chi connectivity index (χ0v) is 8.29. The van der Waals surface area contributed by atoms with Crippen LogP contribution in [0, 0.1) is 5.41 Å². The SMILES string of the molecule is CON(C)C(=O)C(C)(C)C(C)O. The third kappa shape index (κ3) is 2.19. The summed E-state index contributed by atoms with van der Waals surface area (Å²) in [5.74, 6) is -0.236. The van der Waals surface area contributed by atoms with Crippen molar-refractivity contribution in [1.29, 1.82) is 0 Å². The second-order valence-electron chi connectivity index (χ2n) is 3.38. The number of hydroxylamine groups is 2. The van der Waals surface area contributed by atoms with Gasteiger partial charge in [-0.05, 0) is 20.8 Å². The van der Waals surface area contributed by atoms with Crippen LogP contribution in [0.15, 0.2) is 0 Å². The highest BCUT2D eigenvalue weighted by molar-refractivity contribution is 5.81. The Morgan fingerprint density at radius 1 is 1.58 bits per heavy atom. The molecule has 0 aromatic rings. The summed E-state index contributed by atoms with van der Waals surface area (Å²) >= 11 is 0. The summed E-state index contributed by atoms with van der Waals surface area (Å²) in [6, 6.07) is 0. The second kappa shape index (κ2) is 3.87. The first kappa shape index (κ1) is 11.4. The fraction of sp³-hybridized carbons (Fsp3) is 0.875. The summed E-state index contributed by atoms with van der Waals surface area (Å²) in [4.78, 5) is 16.2. The monoisotopic (exact) mass is 175 g/mol. The first-order valence-corrected chi connectivity index (χ1v) is 3.84. The summed E-state index contributed by atoms with van der Waals surface area (Å²) in [5, 5.41) is 10.4. The molecule has 1 atom stereocenters. The van der Waals surface area contributed by atoms with Gasteiger partial charge in [0.15, 0.2) is 0 Å². The van der Waals surface area contributed by atoms with E-state index in [0.29, 0.717) is 0 Å². The molecule has 1 N–H and O–H groups in total. The summed E-state index contributed by atoms with van der Waals surface area (Å²) in [7, 11) is 2.93. The Morgan fingerprint density at radius 3 is 2.25 bits per heavy atom. The van der Waals surface area contributed by atoms with E-state index in [1.165, 1.54) is 14.2 Å². The van der Waals surface area contributed by atoms with Gasteiger partial charge in [0.2, 0.25) is 0 Å².